The second-order valence-electron chi connectivity index (χ2n) is 7.84. The Morgan fingerprint density at radius 3 is 1.53 bits per heavy atom. The highest BCUT2D eigenvalue weighted by Gasteiger charge is 2.46. The largest absolute Gasteiger partial charge is 0.387 e. The number of hydrogen-bond donors (Lipinski definition) is 3. The lowest BCUT2D eigenvalue weighted by Crippen LogP contribution is -2.59. The zero-order chi connectivity index (χ0) is 22.6. The van der Waals surface area contributed by atoms with Crippen molar-refractivity contribution in [1.82, 2.24) is 0 Å². The van der Waals surface area contributed by atoms with Gasteiger partial charge in [-0.3, -0.25) is 0 Å². The highest BCUT2D eigenvalue weighted by molar-refractivity contribution is 5.47. The monoisotopic (exact) mass is 436 g/mol. The molecule has 0 amide bonds. The Hall–Kier alpha value is -2.58. The molecule has 0 aliphatic carbocycles. The van der Waals surface area contributed by atoms with Crippen LogP contribution in [0.2, 0.25) is 0 Å². The van der Waals surface area contributed by atoms with Gasteiger partial charge in [0.25, 0.3) is 0 Å². The smallest absolute Gasteiger partial charge is 0.186 e. The Morgan fingerprint density at radius 1 is 0.688 bits per heavy atom. The lowest BCUT2D eigenvalue weighted by Gasteiger charge is -2.42. The van der Waals surface area contributed by atoms with E-state index in [1.165, 1.54) is 7.11 Å². The fourth-order valence-electron chi connectivity index (χ4n) is 4.22. The van der Waals surface area contributed by atoms with E-state index < -0.39 is 36.3 Å². The number of methoxy groups -OCH3 is 1. The molecule has 0 aromatic heterocycles. The number of benzene rings is 3. The van der Waals surface area contributed by atoms with Crippen LogP contribution in [0.5, 0.6) is 0 Å². The first-order valence-electron chi connectivity index (χ1n) is 10.6. The van der Waals surface area contributed by atoms with Crippen molar-refractivity contribution < 1.29 is 29.5 Å². The number of aliphatic hydroxyl groups is 3. The minimum Gasteiger partial charge on any atom is -0.387 e. The van der Waals surface area contributed by atoms with Crippen LogP contribution in [-0.4, -0.2) is 59.7 Å². The Balaban J connectivity index is 1.77. The van der Waals surface area contributed by atoms with Gasteiger partial charge in [0, 0.05) is 7.11 Å². The Kier molecular flexibility index (Phi) is 7.01. The second-order valence-corrected chi connectivity index (χ2v) is 7.84. The van der Waals surface area contributed by atoms with Crippen LogP contribution in [-0.2, 0) is 19.8 Å². The van der Waals surface area contributed by atoms with E-state index in [-0.39, 0.29) is 6.61 Å². The molecule has 3 aromatic carbocycles. The molecule has 3 N–H and O–H groups in total. The van der Waals surface area contributed by atoms with E-state index in [1.54, 1.807) is 0 Å². The Labute approximate surface area is 187 Å². The Bertz CT molecular complexity index is 867. The van der Waals surface area contributed by atoms with Crippen LogP contribution in [0.3, 0.4) is 0 Å². The van der Waals surface area contributed by atoms with E-state index in [4.69, 9.17) is 14.2 Å². The normalized spacial score (nSPS) is 26.1. The molecule has 4 rings (SSSR count). The molecule has 1 saturated heterocycles. The van der Waals surface area contributed by atoms with Crippen molar-refractivity contribution in [2.45, 2.75) is 36.3 Å². The van der Waals surface area contributed by atoms with Crippen LogP contribution in [0.1, 0.15) is 16.7 Å². The fourth-order valence-corrected chi connectivity index (χ4v) is 4.22. The van der Waals surface area contributed by atoms with Crippen LogP contribution in [0.4, 0.5) is 0 Å². The standard InChI is InChI=1S/C26H28O6/c1-30-25-24(29)23(28)22(27)21(32-25)17-31-26(18-11-5-2-6-12-18,19-13-7-3-8-14-19)20-15-9-4-10-16-20/h2-16,21-25,27-29H,17H2,1H3/t21-,22+,23+,24-,25?/m1/s1. The number of rotatable bonds is 7. The van der Waals surface area contributed by atoms with Gasteiger partial charge in [0.2, 0.25) is 0 Å². The molecule has 6 nitrogen and oxygen atoms in total. The molecular weight excluding hydrogens is 408 g/mol. The summed E-state index contributed by atoms with van der Waals surface area (Å²) in [6.07, 6.45) is -6.08. The summed E-state index contributed by atoms with van der Waals surface area (Å²) >= 11 is 0. The lowest BCUT2D eigenvalue weighted by molar-refractivity contribution is -0.299. The predicted molar refractivity (Wildman–Crippen MR) is 119 cm³/mol. The SMILES string of the molecule is COC1O[C@H](COC(c2ccccc2)(c2ccccc2)c2ccccc2)[C@H](O)[C@H](O)[C@H]1O. The third-order valence-electron chi connectivity index (χ3n) is 5.91. The molecule has 0 radical (unpaired) electrons. The summed E-state index contributed by atoms with van der Waals surface area (Å²) in [7, 11) is 1.37. The van der Waals surface area contributed by atoms with E-state index in [2.05, 4.69) is 0 Å². The highest BCUT2D eigenvalue weighted by Crippen LogP contribution is 2.41. The summed E-state index contributed by atoms with van der Waals surface area (Å²) in [5.41, 5.74) is 1.74. The van der Waals surface area contributed by atoms with E-state index >= 15 is 0 Å². The van der Waals surface area contributed by atoms with Crippen molar-refractivity contribution in [3.05, 3.63) is 108 Å². The summed E-state index contributed by atoms with van der Waals surface area (Å²) in [4.78, 5) is 0. The van der Waals surface area contributed by atoms with Gasteiger partial charge in [0.05, 0.1) is 6.61 Å². The van der Waals surface area contributed by atoms with Gasteiger partial charge in [-0.15, -0.1) is 0 Å². The molecule has 1 unspecified atom stereocenters. The Morgan fingerprint density at radius 2 is 1.12 bits per heavy atom. The molecule has 0 bridgehead atoms. The zero-order valence-electron chi connectivity index (χ0n) is 17.8. The van der Waals surface area contributed by atoms with Gasteiger partial charge >= 0.3 is 0 Å². The molecule has 5 atom stereocenters. The van der Waals surface area contributed by atoms with Crippen LogP contribution >= 0.6 is 0 Å². The molecule has 6 heteroatoms. The summed E-state index contributed by atoms with van der Waals surface area (Å²) in [5.74, 6) is 0. The number of aliphatic hydroxyl groups excluding tert-OH is 3. The highest BCUT2D eigenvalue weighted by atomic mass is 16.7. The van der Waals surface area contributed by atoms with Gasteiger partial charge < -0.3 is 29.5 Å². The van der Waals surface area contributed by atoms with Crippen molar-refractivity contribution in [2.75, 3.05) is 13.7 Å². The van der Waals surface area contributed by atoms with Gasteiger partial charge in [0.1, 0.15) is 30.0 Å². The first kappa shape index (κ1) is 22.6. The lowest BCUT2D eigenvalue weighted by atomic mass is 9.80. The molecular formula is C26H28O6. The van der Waals surface area contributed by atoms with Crippen molar-refractivity contribution in [3.8, 4) is 0 Å². The van der Waals surface area contributed by atoms with Gasteiger partial charge in [0.15, 0.2) is 6.29 Å². The molecule has 168 valence electrons. The summed E-state index contributed by atoms with van der Waals surface area (Å²) in [6, 6.07) is 29.5. The predicted octanol–water partition coefficient (Wildman–Crippen LogP) is 2.45. The number of ether oxygens (including phenoxy) is 3. The van der Waals surface area contributed by atoms with E-state index in [0.29, 0.717) is 0 Å². The van der Waals surface area contributed by atoms with Gasteiger partial charge in [-0.2, -0.15) is 0 Å². The molecule has 1 aliphatic rings. The van der Waals surface area contributed by atoms with Gasteiger partial charge in [-0.1, -0.05) is 91.0 Å². The van der Waals surface area contributed by atoms with Crippen LogP contribution in [0.15, 0.2) is 91.0 Å². The molecule has 0 saturated carbocycles. The van der Waals surface area contributed by atoms with Crippen LogP contribution < -0.4 is 0 Å². The maximum atomic E-state index is 10.6. The zero-order valence-corrected chi connectivity index (χ0v) is 17.8. The third kappa shape index (κ3) is 4.21. The topological polar surface area (TPSA) is 88.4 Å². The summed E-state index contributed by atoms with van der Waals surface area (Å²) in [5, 5.41) is 30.9. The second kappa shape index (κ2) is 9.92. The molecule has 1 heterocycles. The first-order valence-corrected chi connectivity index (χ1v) is 10.6. The maximum absolute atomic E-state index is 10.6. The van der Waals surface area contributed by atoms with Crippen LogP contribution in [0, 0.1) is 0 Å². The minimum absolute atomic E-state index is 0.0521. The van der Waals surface area contributed by atoms with Crippen molar-refractivity contribution in [1.29, 1.82) is 0 Å². The van der Waals surface area contributed by atoms with Crippen molar-refractivity contribution >= 4 is 0 Å². The minimum atomic E-state index is -1.41. The third-order valence-corrected chi connectivity index (χ3v) is 5.91. The number of hydrogen-bond acceptors (Lipinski definition) is 6. The van der Waals surface area contributed by atoms with Crippen LogP contribution in [0.25, 0.3) is 0 Å². The van der Waals surface area contributed by atoms with Crippen molar-refractivity contribution in [2.24, 2.45) is 0 Å². The van der Waals surface area contributed by atoms with E-state index in [0.717, 1.165) is 16.7 Å². The first-order chi connectivity index (χ1) is 15.6. The van der Waals surface area contributed by atoms with Crippen molar-refractivity contribution in [3.63, 3.8) is 0 Å². The molecule has 3 aromatic rings. The quantitative estimate of drug-likeness (QED) is 0.493. The van der Waals surface area contributed by atoms with Gasteiger partial charge in [-0.05, 0) is 16.7 Å². The van der Waals surface area contributed by atoms with Gasteiger partial charge in [-0.25, -0.2) is 0 Å². The van der Waals surface area contributed by atoms with E-state index in [1.807, 2.05) is 91.0 Å². The maximum Gasteiger partial charge on any atom is 0.186 e. The molecule has 32 heavy (non-hydrogen) atoms. The average molecular weight is 437 g/mol. The average Bonchev–Trinajstić information content (AvgIpc) is 2.86. The summed E-state index contributed by atoms with van der Waals surface area (Å²) < 4.78 is 17.5. The fraction of sp³-hybridized carbons (Fsp3) is 0.308. The molecule has 1 aliphatic heterocycles. The van der Waals surface area contributed by atoms with E-state index in [9.17, 15) is 15.3 Å². The molecule has 1 fully saturated rings. The molecule has 0 spiro atoms. The summed E-state index contributed by atoms with van der Waals surface area (Å²) in [6.45, 7) is -0.0521.